The van der Waals surface area contributed by atoms with Crippen molar-refractivity contribution < 1.29 is 0 Å². The maximum Gasteiger partial charge on any atom is 0.101 e. The fourth-order valence-electron chi connectivity index (χ4n) is 1.61. The lowest BCUT2D eigenvalue weighted by Gasteiger charge is -2.07. The molecular formula is C15H19N3S. The highest BCUT2D eigenvalue weighted by atomic mass is 32.2. The van der Waals surface area contributed by atoms with E-state index in [0.717, 1.165) is 23.0 Å². The van der Waals surface area contributed by atoms with E-state index in [0.29, 0.717) is 5.92 Å². The number of nitrogens with one attached hydrogen (secondary N) is 1. The van der Waals surface area contributed by atoms with E-state index in [2.05, 4.69) is 41.3 Å². The summed E-state index contributed by atoms with van der Waals surface area (Å²) >= 11 is 1.65. The first-order valence-electron chi connectivity index (χ1n) is 6.47. The summed E-state index contributed by atoms with van der Waals surface area (Å²) in [6.07, 6.45) is 5.54. The van der Waals surface area contributed by atoms with Gasteiger partial charge in [0.1, 0.15) is 5.03 Å². The van der Waals surface area contributed by atoms with Crippen molar-refractivity contribution in [3.8, 4) is 0 Å². The first-order valence-corrected chi connectivity index (χ1v) is 7.29. The maximum atomic E-state index is 4.47. The van der Waals surface area contributed by atoms with Crippen molar-refractivity contribution in [2.24, 2.45) is 5.92 Å². The SMILES string of the molecule is CC(C)CNCc1ccc(Sc2ccncc2)nc1. The molecule has 0 aliphatic rings. The first-order chi connectivity index (χ1) is 9.24. The average Bonchev–Trinajstić information content (AvgIpc) is 2.42. The normalized spacial score (nSPS) is 10.9. The molecule has 1 N–H and O–H groups in total. The average molecular weight is 273 g/mol. The van der Waals surface area contributed by atoms with E-state index >= 15 is 0 Å². The van der Waals surface area contributed by atoms with Crippen LogP contribution in [0, 0.1) is 5.92 Å². The number of hydrogen-bond acceptors (Lipinski definition) is 4. The Balaban J connectivity index is 1.88. The molecule has 2 aromatic rings. The topological polar surface area (TPSA) is 37.8 Å². The van der Waals surface area contributed by atoms with Crippen LogP contribution in [0.3, 0.4) is 0 Å². The summed E-state index contributed by atoms with van der Waals surface area (Å²) in [5.41, 5.74) is 1.22. The molecule has 0 saturated heterocycles. The highest BCUT2D eigenvalue weighted by Gasteiger charge is 2.00. The van der Waals surface area contributed by atoms with Gasteiger partial charge in [-0.15, -0.1) is 0 Å². The molecule has 4 heteroatoms. The molecule has 0 amide bonds. The standard InChI is InChI=1S/C15H19N3S/c1-12(2)9-17-10-13-3-4-15(18-11-13)19-14-5-7-16-8-6-14/h3-8,11-12,17H,9-10H2,1-2H3. The Bertz CT molecular complexity index is 483. The van der Waals surface area contributed by atoms with E-state index in [9.17, 15) is 0 Å². The molecule has 0 atom stereocenters. The molecule has 0 aliphatic heterocycles. The van der Waals surface area contributed by atoms with Gasteiger partial charge in [-0.3, -0.25) is 4.98 Å². The smallest absolute Gasteiger partial charge is 0.101 e. The molecule has 2 aromatic heterocycles. The third kappa shape index (κ3) is 5.01. The molecule has 100 valence electrons. The molecule has 0 saturated carbocycles. The third-order valence-electron chi connectivity index (χ3n) is 2.55. The number of hydrogen-bond donors (Lipinski definition) is 1. The van der Waals surface area contributed by atoms with Gasteiger partial charge in [-0.25, -0.2) is 4.98 Å². The first kappa shape index (κ1) is 14.0. The van der Waals surface area contributed by atoms with Gasteiger partial charge in [0.25, 0.3) is 0 Å². The van der Waals surface area contributed by atoms with Crippen LogP contribution in [0.4, 0.5) is 0 Å². The molecule has 2 rings (SSSR count). The van der Waals surface area contributed by atoms with Crippen molar-refractivity contribution in [3.63, 3.8) is 0 Å². The van der Waals surface area contributed by atoms with E-state index in [-0.39, 0.29) is 0 Å². The molecule has 0 radical (unpaired) electrons. The van der Waals surface area contributed by atoms with E-state index in [1.807, 2.05) is 18.3 Å². The Morgan fingerprint density at radius 2 is 1.95 bits per heavy atom. The van der Waals surface area contributed by atoms with E-state index in [4.69, 9.17) is 0 Å². The van der Waals surface area contributed by atoms with Crippen molar-refractivity contribution in [2.45, 2.75) is 30.3 Å². The summed E-state index contributed by atoms with van der Waals surface area (Å²) in [4.78, 5) is 9.64. The zero-order valence-corrected chi connectivity index (χ0v) is 12.2. The van der Waals surface area contributed by atoms with E-state index in [1.165, 1.54) is 5.56 Å². The Kier molecular flexibility index (Phi) is 5.36. The largest absolute Gasteiger partial charge is 0.312 e. The second kappa shape index (κ2) is 7.26. The van der Waals surface area contributed by atoms with Crippen LogP contribution in [-0.2, 0) is 6.54 Å². The van der Waals surface area contributed by atoms with E-state index in [1.54, 1.807) is 24.2 Å². The molecule has 0 aromatic carbocycles. The van der Waals surface area contributed by atoms with Crippen molar-refractivity contribution in [1.29, 1.82) is 0 Å². The summed E-state index contributed by atoms with van der Waals surface area (Å²) in [5.74, 6) is 0.675. The minimum atomic E-state index is 0.675. The zero-order chi connectivity index (χ0) is 13.5. The number of rotatable bonds is 6. The molecule has 0 aliphatic carbocycles. The third-order valence-corrected chi connectivity index (χ3v) is 3.51. The second-order valence-corrected chi connectivity index (χ2v) is 5.91. The Labute approximate surface area is 118 Å². The fourth-order valence-corrected chi connectivity index (χ4v) is 2.35. The Hall–Kier alpha value is -1.39. The lowest BCUT2D eigenvalue weighted by Crippen LogP contribution is -2.18. The molecule has 0 spiro atoms. The summed E-state index contributed by atoms with van der Waals surface area (Å²) in [6.45, 7) is 6.33. The van der Waals surface area contributed by atoms with Gasteiger partial charge in [0.15, 0.2) is 0 Å². The van der Waals surface area contributed by atoms with Crippen LogP contribution in [0.2, 0.25) is 0 Å². The summed E-state index contributed by atoms with van der Waals surface area (Å²) in [7, 11) is 0. The van der Waals surface area contributed by atoms with Gasteiger partial charge >= 0.3 is 0 Å². The quantitative estimate of drug-likeness (QED) is 0.875. The van der Waals surface area contributed by atoms with Crippen molar-refractivity contribution in [1.82, 2.24) is 15.3 Å². The summed E-state index contributed by atoms with van der Waals surface area (Å²) < 4.78 is 0. The van der Waals surface area contributed by atoms with Crippen LogP contribution in [-0.4, -0.2) is 16.5 Å². The van der Waals surface area contributed by atoms with Crippen molar-refractivity contribution >= 4 is 11.8 Å². The predicted octanol–water partition coefficient (Wildman–Crippen LogP) is 3.37. The molecular weight excluding hydrogens is 254 g/mol. The van der Waals surface area contributed by atoms with Crippen LogP contribution in [0.15, 0.2) is 52.8 Å². The maximum absolute atomic E-state index is 4.47. The zero-order valence-electron chi connectivity index (χ0n) is 11.3. The molecule has 0 bridgehead atoms. The lowest BCUT2D eigenvalue weighted by atomic mass is 10.2. The molecule has 19 heavy (non-hydrogen) atoms. The highest BCUT2D eigenvalue weighted by molar-refractivity contribution is 7.99. The van der Waals surface area contributed by atoms with Gasteiger partial charge in [-0.05, 0) is 36.2 Å². The lowest BCUT2D eigenvalue weighted by molar-refractivity contribution is 0.551. The van der Waals surface area contributed by atoms with Gasteiger partial charge in [0.2, 0.25) is 0 Å². The second-order valence-electron chi connectivity index (χ2n) is 4.81. The van der Waals surface area contributed by atoms with Gasteiger partial charge in [0.05, 0.1) is 0 Å². The van der Waals surface area contributed by atoms with Crippen molar-refractivity contribution in [2.75, 3.05) is 6.54 Å². The monoisotopic (exact) mass is 273 g/mol. The summed E-state index contributed by atoms with van der Waals surface area (Å²) in [5, 5.41) is 4.43. The molecule has 3 nitrogen and oxygen atoms in total. The van der Waals surface area contributed by atoms with E-state index < -0.39 is 0 Å². The van der Waals surface area contributed by atoms with Crippen LogP contribution in [0.25, 0.3) is 0 Å². The van der Waals surface area contributed by atoms with Gasteiger partial charge in [-0.2, -0.15) is 0 Å². The summed E-state index contributed by atoms with van der Waals surface area (Å²) in [6, 6.07) is 8.18. The number of aromatic nitrogens is 2. The molecule has 0 unspecified atom stereocenters. The van der Waals surface area contributed by atoms with Crippen molar-refractivity contribution in [3.05, 3.63) is 48.4 Å². The molecule has 2 heterocycles. The highest BCUT2D eigenvalue weighted by Crippen LogP contribution is 2.24. The number of nitrogens with zero attached hydrogens (tertiary/aromatic N) is 2. The van der Waals surface area contributed by atoms with Crippen LogP contribution < -0.4 is 5.32 Å². The predicted molar refractivity (Wildman–Crippen MR) is 79.1 cm³/mol. The number of pyridine rings is 2. The molecule has 0 fully saturated rings. The minimum Gasteiger partial charge on any atom is -0.312 e. The van der Waals surface area contributed by atoms with Crippen LogP contribution in [0.5, 0.6) is 0 Å². The van der Waals surface area contributed by atoms with Crippen LogP contribution >= 0.6 is 11.8 Å². The fraction of sp³-hybridized carbons (Fsp3) is 0.333. The van der Waals surface area contributed by atoms with Gasteiger partial charge in [0, 0.05) is 30.0 Å². The van der Waals surface area contributed by atoms with Gasteiger partial charge in [-0.1, -0.05) is 31.7 Å². The Morgan fingerprint density at radius 1 is 1.16 bits per heavy atom. The van der Waals surface area contributed by atoms with Gasteiger partial charge < -0.3 is 5.32 Å². The Morgan fingerprint density at radius 3 is 2.58 bits per heavy atom. The minimum absolute atomic E-state index is 0.675. The van der Waals surface area contributed by atoms with Crippen LogP contribution in [0.1, 0.15) is 19.4 Å².